The Hall–Kier alpha value is -3.01. The van der Waals surface area contributed by atoms with Crippen molar-refractivity contribution < 1.29 is 19.0 Å². The fourth-order valence-corrected chi connectivity index (χ4v) is 2.73. The number of rotatable bonds is 10. The van der Waals surface area contributed by atoms with Crippen molar-refractivity contribution in [2.24, 2.45) is 0 Å². The molecule has 4 nitrogen and oxygen atoms in total. The largest absolute Gasteiger partial charge is 0.497 e. The van der Waals surface area contributed by atoms with Crippen molar-refractivity contribution in [2.45, 2.75) is 19.8 Å². The Bertz CT molecular complexity index is 804. The van der Waals surface area contributed by atoms with Gasteiger partial charge in [-0.1, -0.05) is 26.0 Å². The first-order chi connectivity index (χ1) is 13.1. The van der Waals surface area contributed by atoms with Crippen LogP contribution in [0.1, 0.15) is 35.7 Å². The highest BCUT2D eigenvalue weighted by atomic mass is 16.5. The number of benzene rings is 2. The van der Waals surface area contributed by atoms with E-state index in [9.17, 15) is 4.79 Å². The molecule has 0 radical (unpaired) electrons. The lowest BCUT2D eigenvalue weighted by Crippen LogP contribution is -2.00. The SMILES string of the molecule is C=CCOc1ccc(C(=O)/C=C(/CCC)c2ccc(OC)cc2OC)cc1. The summed E-state index contributed by atoms with van der Waals surface area (Å²) < 4.78 is 16.2. The molecule has 0 fully saturated rings. The molecule has 2 rings (SSSR count). The fraction of sp³-hybridized carbons (Fsp3) is 0.261. The van der Waals surface area contributed by atoms with Gasteiger partial charge in [0.25, 0.3) is 0 Å². The summed E-state index contributed by atoms with van der Waals surface area (Å²) in [7, 11) is 3.23. The normalized spacial score (nSPS) is 11.0. The van der Waals surface area contributed by atoms with E-state index in [1.165, 1.54) is 0 Å². The third kappa shape index (κ3) is 5.48. The van der Waals surface area contributed by atoms with Crippen molar-refractivity contribution in [1.29, 1.82) is 0 Å². The Morgan fingerprint density at radius 3 is 2.33 bits per heavy atom. The highest BCUT2D eigenvalue weighted by molar-refractivity contribution is 6.08. The van der Waals surface area contributed by atoms with Gasteiger partial charge in [-0.3, -0.25) is 4.79 Å². The Kier molecular flexibility index (Phi) is 7.68. The van der Waals surface area contributed by atoms with Crippen LogP contribution in [0, 0.1) is 0 Å². The summed E-state index contributed by atoms with van der Waals surface area (Å²) in [6.07, 6.45) is 5.06. The van der Waals surface area contributed by atoms with Crippen LogP contribution in [0.5, 0.6) is 17.2 Å². The van der Waals surface area contributed by atoms with Crippen LogP contribution >= 0.6 is 0 Å². The fourth-order valence-electron chi connectivity index (χ4n) is 2.73. The highest BCUT2D eigenvalue weighted by Gasteiger charge is 2.12. The molecule has 4 heteroatoms. The number of hydrogen-bond acceptors (Lipinski definition) is 4. The van der Waals surface area contributed by atoms with Crippen molar-refractivity contribution in [3.8, 4) is 17.2 Å². The molecule has 2 aromatic rings. The van der Waals surface area contributed by atoms with Crippen molar-refractivity contribution in [2.75, 3.05) is 20.8 Å². The van der Waals surface area contributed by atoms with Gasteiger partial charge in [-0.15, -0.1) is 0 Å². The van der Waals surface area contributed by atoms with Gasteiger partial charge >= 0.3 is 0 Å². The summed E-state index contributed by atoms with van der Waals surface area (Å²) in [5, 5.41) is 0. The molecule has 0 saturated carbocycles. The first-order valence-corrected chi connectivity index (χ1v) is 8.94. The van der Waals surface area contributed by atoms with Crippen LogP contribution in [0.4, 0.5) is 0 Å². The standard InChI is InChI=1S/C23H26O4/c1-5-7-18(21-13-12-20(25-3)16-23(21)26-4)15-22(24)17-8-10-19(11-9-17)27-14-6-2/h6,8-13,15-16H,2,5,7,14H2,1,3-4H3/b18-15-. The summed E-state index contributed by atoms with van der Waals surface area (Å²) in [5.74, 6) is 2.07. The van der Waals surface area contributed by atoms with Crippen LogP contribution in [0.2, 0.25) is 0 Å². The minimum absolute atomic E-state index is 0.0495. The molecule has 0 N–H and O–H groups in total. The number of hydrogen-bond donors (Lipinski definition) is 0. The average Bonchev–Trinajstić information content (AvgIpc) is 2.71. The molecule has 0 aliphatic rings. The summed E-state index contributed by atoms with van der Waals surface area (Å²) >= 11 is 0. The Morgan fingerprint density at radius 2 is 1.74 bits per heavy atom. The molecule has 0 unspecified atom stereocenters. The topological polar surface area (TPSA) is 44.8 Å². The summed E-state index contributed by atoms with van der Waals surface area (Å²) in [4.78, 5) is 12.8. The zero-order valence-corrected chi connectivity index (χ0v) is 16.2. The zero-order valence-electron chi connectivity index (χ0n) is 16.2. The molecule has 27 heavy (non-hydrogen) atoms. The predicted molar refractivity (Wildman–Crippen MR) is 109 cm³/mol. The maximum Gasteiger partial charge on any atom is 0.186 e. The average molecular weight is 366 g/mol. The van der Waals surface area contributed by atoms with Crippen LogP contribution in [0.3, 0.4) is 0 Å². The van der Waals surface area contributed by atoms with Crippen LogP contribution in [-0.4, -0.2) is 26.6 Å². The second-order valence-electron chi connectivity index (χ2n) is 5.97. The Balaban J connectivity index is 2.31. The van der Waals surface area contributed by atoms with E-state index in [2.05, 4.69) is 13.5 Å². The second-order valence-corrected chi connectivity index (χ2v) is 5.97. The monoisotopic (exact) mass is 366 g/mol. The van der Waals surface area contributed by atoms with E-state index in [1.807, 2.05) is 18.2 Å². The van der Waals surface area contributed by atoms with E-state index in [0.29, 0.717) is 29.4 Å². The molecular formula is C23H26O4. The van der Waals surface area contributed by atoms with Crippen molar-refractivity contribution in [1.82, 2.24) is 0 Å². The number of methoxy groups -OCH3 is 2. The Morgan fingerprint density at radius 1 is 1.04 bits per heavy atom. The van der Waals surface area contributed by atoms with E-state index >= 15 is 0 Å². The summed E-state index contributed by atoms with van der Waals surface area (Å²) in [5.41, 5.74) is 2.45. The molecule has 0 aliphatic carbocycles. The van der Waals surface area contributed by atoms with Gasteiger partial charge in [-0.2, -0.15) is 0 Å². The van der Waals surface area contributed by atoms with Crippen molar-refractivity contribution in [3.63, 3.8) is 0 Å². The highest BCUT2D eigenvalue weighted by Crippen LogP contribution is 2.32. The first-order valence-electron chi connectivity index (χ1n) is 8.94. The van der Waals surface area contributed by atoms with Crippen molar-refractivity contribution in [3.05, 3.63) is 72.3 Å². The number of carbonyl (C=O) groups is 1. The van der Waals surface area contributed by atoms with E-state index in [4.69, 9.17) is 14.2 Å². The summed E-state index contributed by atoms with van der Waals surface area (Å²) in [6, 6.07) is 12.7. The van der Waals surface area contributed by atoms with Crippen LogP contribution in [-0.2, 0) is 0 Å². The number of carbonyl (C=O) groups excluding carboxylic acids is 1. The minimum Gasteiger partial charge on any atom is -0.497 e. The third-order valence-corrected chi connectivity index (χ3v) is 4.09. The molecule has 0 amide bonds. The maximum absolute atomic E-state index is 12.8. The minimum atomic E-state index is -0.0495. The van der Waals surface area contributed by atoms with Gasteiger partial charge in [-0.25, -0.2) is 0 Å². The van der Waals surface area contributed by atoms with Crippen LogP contribution < -0.4 is 14.2 Å². The zero-order chi connectivity index (χ0) is 19.6. The Labute approximate surface area is 161 Å². The molecule has 0 aliphatic heterocycles. The van der Waals surface area contributed by atoms with E-state index < -0.39 is 0 Å². The van der Waals surface area contributed by atoms with Crippen LogP contribution in [0.15, 0.2) is 61.2 Å². The molecule has 0 bridgehead atoms. The van der Waals surface area contributed by atoms with Gasteiger partial charge in [0.15, 0.2) is 5.78 Å². The molecule has 142 valence electrons. The van der Waals surface area contributed by atoms with Gasteiger partial charge < -0.3 is 14.2 Å². The maximum atomic E-state index is 12.8. The van der Waals surface area contributed by atoms with Crippen LogP contribution in [0.25, 0.3) is 5.57 Å². The second kappa shape index (κ2) is 10.2. The van der Waals surface area contributed by atoms with Gasteiger partial charge in [0.05, 0.1) is 14.2 Å². The quantitative estimate of drug-likeness (QED) is 0.324. The number of ketones is 1. The number of ether oxygens (including phenoxy) is 3. The van der Waals surface area contributed by atoms with Gasteiger partial charge in [0, 0.05) is 17.2 Å². The van der Waals surface area contributed by atoms with E-state index in [-0.39, 0.29) is 5.78 Å². The lowest BCUT2D eigenvalue weighted by atomic mass is 9.97. The van der Waals surface area contributed by atoms with E-state index in [1.54, 1.807) is 50.6 Å². The lowest BCUT2D eigenvalue weighted by Gasteiger charge is -2.13. The van der Waals surface area contributed by atoms with Crippen molar-refractivity contribution >= 4 is 11.4 Å². The van der Waals surface area contributed by atoms with Gasteiger partial charge in [0.2, 0.25) is 0 Å². The predicted octanol–water partition coefficient (Wildman–Crippen LogP) is 5.34. The molecule has 0 aromatic heterocycles. The lowest BCUT2D eigenvalue weighted by molar-refractivity contribution is 0.104. The first kappa shape index (κ1) is 20.3. The smallest absolute Gasteiger partial charge is 0.186 e. The van der Waals surface area contributed by atoms with Gasteiger partial charge in [0.1, 0.15) is 23.9 Å². The van der Waals surface area contributed by atoms with Gasteiger partial charge in [-0.05, 0) is 54.5 Å². The van der Waals surface area contributed by atoms with E-state index in [0.717, 1.165) is 24.0 Å². The molecule has 0 atom stereocenters. The number of allylic oxidation sites excluding steroid dienone is 2. The third-order valence-electron chi connectivity index (χ3n) is 4.09. The molecule has 2 aromatic carbocycles. The molecular weight excluding hydrogens is 340 g/mol. The molecule has 0 spiro atoms. The molecule has 0 saturated heterocycles. The molecule has 0 heterocycles. The summed E-state index contributed by atoms with van der Waals surface area (Å²) in [6.45, 7) is 6.14.